The van der Waals surface area contributed by atoms with Gasteiger partial charge in [-0.25, -0.2) is 0 Å². The van der Waals surface area contributed by atoms with Crippen LogP contribution in [0.1, 0.15) is 5.76 Å². The highest BCUT2D eigenvalue weighted by Gasteiger charge is 2.00. The molecule has 0 aliphatic rings. The zero-order valence-corrected chi connectivity index (χ0v) is 5.09. The highest BCUT2D eigenvalue weighted by Crippen LogP contribution is 2.13. The Labute approximate surface area is 56.4 Å². The Morgan fingerprint density at radius 2 is 2.60 bits per heavy atom. The topological polar surface area (TPSA) is 65.7 Å². The van der Waals surface area contributed by atoms with Gasteiger partial charge >= 0.3 is 0 Å². The lowest BCUT2D eigenvalue weighted by Gasteiger charge is -1.74. The molecule has 0 fully saturated rings. The van der Waals surface area contributed by atoms with Crippen molar-refractivity contribution < 1.29 is 4.42 Å². The van der Waals surface area contributed by atoms with Crippen LogP contribution in [-0.2, 0) is 0 Å². The number of aromatic amines is 1. The summed E-state index contributed by atoms with van der Waals surface area (Å²) >= 11 is 0. The number of furan rings is 1. The molecular formula is C6H5N3O. The number of nitrogens with zero attached hydrogens (tertiary/aromatic N) is 1. The molecule has 4 nitrogen and oxygen atoms in total. The fraction of sp³-hybridized carbons (Fsp3) is 0. The Morgan fingerprint density at radius 3 is 3.30 bits per heavy atom. The summed E-state index contributed by atoms with van der Waals surface area (Å²) in [7, 11) is 0. The minimum atomic E-state index is 0.545. The third-order valence-electron chi connectivity index (χ3n) is 1.29. The van der Waals surface area contributed by atoms with Crippen LogP contribution in [0.2, 0.25) is 0 Å². The highest BCUT2D eigenvalue weighted by molar-refractivity contribution is 5.82. The molecule has 0 aliphatic carbocycles. The molecule has 0 spiro atoms. The SMILES string of the molecule is N=Cc1cc2[nH]ncc2o1. The molecule has 2 aromatic heterocycles. The summed E-state index contributed by atoms with van der Waals surface area (Å²) in [6, 6.07) is 1.73. The summed E-state index contributed by atoms with van der Waals surface area (Å²) in [5.41, 5.74) is 1.53. The molecule has 0 aliphatic heterocycles. The summed E-state index contributed by atoms with van der Waals surface area (Å²) in [6.07, 6.45) is 2.75. The first kappa shape index (κ1) is 5.22. The van der Waals surface area contributed by atoms with Crippen molar-refractivity contribution in [3.8, 4) is 0 Å². The minimum absolute atomic E-state index is 0.545. The van der Waals surface area contributed by atoms with Crippen molar-refractivity contribution in [1.29, 1.82) is 5.41 Å². The molecular weight excluding hydrogens is 130 g/mol. The summed E-state index contributed by atoms with van der Waals surface area (Å²) in [4.78, 5) is 0. The van der Waals surface area contributed by atoms with Gasteiger partial charge in [0.2, 0.25) is 0 Å². The van der Waals surface area contributed by atoms with Gasteiger partial charge in [0.15, 0.2) is 5.58 Å². The molecule has 0 unspecified atom stereocenters. The number of hydrogen-bond donors (Lipinski definition) is 2. The van der Waals surface area contributed by atoms with Crippen molar-refractivity contribution in [3.63, 3.8) is 0 Å². The predicted molar refractivity (Wildman–Crippen MR) is 36.2 cm³/mol. The van der Waals surface area contributed by atoms with E-state index in [1.165, 1.54) is 0 Å². The van der Waals surface area contributed by atoms with Gasteiger partial charge in [-0.15, -0.1) is 0 Å². The Kier molecular flexibility index (Phi) is 0.887. The molecule has 2 N–H and O–H groups in total. The largest absolute Gasteiger partial charge is 0.452 e. The zero-order valence-electron chi connectivity index (χ0n) is 5.09. The van der Waals surface area contributed by atoms with E-state index in [1.807, 2.05) is 0 Å². The molecule has 2 heterocycles. The normalized spacial score (nSPS) is 10.4. The molecule has 0 radical (unpaired) electrons. The lowest BCUT2D eigenvalue weighted by molar-refractivity contribution is 0.607. The van der Waals surface area contributed by atoms with Gasteiger partial charge in [-0.2, -0.15) is 5.10 Å². The summed E-state index contributed by atoms with van der Waals surface area (Å²) in [5, 5.41) is 13.3. The van der Waals surface area contributed by atoms with Gasteiger partial charge in [-0.1, -0.05) is 0 Å². The summed E-state index contributed by atoms with van der Waals surface area (Å²) in [5.74, 6) is 0.545. The van der Waals surface area contributed by atoms with Crippen molar-refractivity contribution in [1.82, 2.24) is 10.2 Å². The maximum absolute atomic E-state index is 6.86. The maximum Gasteiger partial charge on any atom is 0.172 e. The van der Waals surface area contributed by atoms with Gasteiger partial charge in [0.25, 0.3) is 0 Å². The van der Waals surface area contributed by atoms with E-state index in [9.17, 15) is 0 Å². The minimum Gasteiger partial charge on any atom is -0.452 e. The summed E-state index contributed by atoms with van der Waals surface area (Å²) in [6.45, 7) is 0. The quantitative estimate of drug-likeness (QED) is 0.576. The van der Waals surface area contributed by atoms with E-state index < -0.39 is 0 Å². The first-order valence-electron chi connectivity index (χ1n) is 2.83. The van der Waals surface area contributed by atoms with Gasteiger partial charge in [-0.3, -0.25) is 5.10 Å². The monoisotopic (exact) mass is 135 g/mol. The number of hydrogen-bond acceptors (Lipinski definition) is 3. The van der Waals surface area contributed by atoms with Gasteiger partial charge in [0, 0.05) is 6.07 Å². The van der Waals surface area contributed by atoms with E-state index in [4.69, 9.17) is 9.83 Å². The van der Waals surface area contributed by atoms with Gasteiger partial charge < -0.3 is 9.83 Å². The number of nitrogens with one attached hydrogen (secondary N) is 2. The van der Waals surface area contributed by atoms with Crippen molar-refractivity contribution in [2.24, 2.45) is 0 Å². The van der Waals surface area contributed by atoms with E-state index >= 15 is 0 Å². The fourth-order valence-corrected chi connectivity index (χ4v) is 0.840. The third kappa shape index (κ3) is 0.556. The first-order chi connectivity index (χ1) is 4.90. The van der Waals surface area contributed by atoms with E-state index in [2.05, 4.69) is 10.2 Å². The van der Waals surface area contributed by atoms with Gasteiger partial charge in [-0.05, 0) is 0 Å². The Hall–Kier alpha value is -1.58. The van der Waals surface area contributed by atoms with Crippen LogP contribution in [0.15, 0.2) is 16.7 Å². The van der Waals surface area contributed by atoms with E-state index in [-0.39, 0.29) is 0 Å². The maximum atomic E-state index is 6.86. The lowest BCUT2D eigenvalue weighted by Crippen LogP contribution is -1.69. The average molecular weight is 135 g/mol. The van der Waals surface area contributed by atoms with Crippen LogP contribution in [0.3, 0.4) is 0 Å². The Bertz CT molecular complexity index is 331. The first-order valence-corrected chi connectivity index (χ1v) is 2.83. The molecule has 50 valence electrons. The van der Waals surface area contributed by atoms with E-state index in [0.717, 1.165) is 11.7 Å². The van der Waals surface area contributed by atoms with Crippen LogP contribution < -0.4 is 0 Å². The molecule has 0 saturated carbocycles. The molecule has 0 saturated heterocycles. The second kappa shape index (κ2) is 1.70. The van der Waals surface area contributed by atoms with Crippen LogP contribution in [0.4, 0.5) is 0 Å². The lowest BCUT2D eigenvalue weighted by atomic mass is 10.4. The second-order valence-electron chi connectivity index (χ2n) is 1.94. The standard InChI is InChI=1S/C6H5N3O/c7-2-4-1-5-6(10-4)3-8-9-5/h1-3,7H,(H,8,9). The molecule has 10 heavy (non-hydrogen) atoms. The number of aromatic nitrogens is 2. The molecule has 0 atom stereocenters. The highest BCUT2D eigenvalue weighted by atomic mass is 16.3. The fourth-order valence-electron chi connectivity index (χ4n) is 0.840. The van der Waals surface area contributed by atoms with Gasteiger partial charge in [0.05, 0.1) is 12.4 Å². The number of fused-ring (bicyclic) bond motifs is 1. The van der Waals surface area contributed by atoms with E-state index in [1.54, 1.807) is 12.3 Å². The van der Waals surface area contributed by atoms with Crippen LogP contribution in [0.5, 0.6) is 0 Å². The molecule has 0 aromatic carbocycles. The van der Waals surface area contributed by atoms with Crippen LogP contribution in [-0.4, -0.2) is 16.4 Å². The van der Waals surface area contributed by atoms with Crippen LogP contribution in [0, 0.1) is 5.41 Å². The number of H-pyrrole nitrogens is 1. The molecule has 0 amide bonds. The molecule has 2 aromatic rings. The van der Waals surface area contributed by atoms with Gasteiger partial charge in [0.1, 0.15) is 11.3 Å². The van der Waals surface area contributed by atoms with E-state index in [0.29, 0.717) is 11.3 Å². The smallest absolute Gasteiger partial charge is 0.172 e. The second-order valence-corrected chi connectivity index (χ2v) is 1.94. The Balaban J connectivity index is 2.78. The third-order valence-corrected chi connectivity index (χ3v) is 1.29. The Morgan fingerprint density at radius 1 is 1.70 bits per heavy atom. The van der Waals surface area contributed by atoms with Crippen molar-refractivity contribution in [3.05, 3.63) is 18.0 Å². The molecule has 0 bridgehead atoms. The van der Waals surface area contributed by atoms with Crippen LogP contribution >= 0.6 is 0 Å². The number of rotatable bonds is 1. The molecule has 2 rings (SSSR count). The van der Waals surface area contributed by atoms with Crippen molar-refractivity contribution >= 4 is 17.3 Å². The molecule has 4 heteroatoms. The summed E-state index contributed by atoms with van der Waals surface area (Å²) < 4.78 is 5.12. The zero-order chi connectivity index (χ0) is 6.97. The predicted octanol–water partition coefficient (Wildman–Crippen LogP) is 1.15. The van der Waals surface area contributed by atoms with Crippen molar-refractivity contribution in [2.75, 3.05) is 0 Å². The van der Waals surface area contributed by atoms with Crippen LogP contribution in [0.25, 0.3) is 11.1 Å². The van der Waals surface area contributed by atoms with Crippen molar-refractivity contribution in [2.45, 2.75) is 0 Å². The average Bonchev–Trinajstić information content (AvgIpc) is 2.42.